The molecule has 1 aliphatic heterocycles. The molecular weight excluding hydrogens is 418 g/mol. The quantitative estimate of drug-likeness (QED) is 0.739. The summed E-state index contributed by atoms with van der Waals surface area (Å²) >= 11 is 1.87. The summed E-state index contributed by atoms with van der Waals surface area (Å²) in [5, 5.41) is 2.55. The number of nitrogens with zero attached hydrogens (tertiary/aromatic N) is 1. The molecule has 0 saturated carbocycles. The fourth-order valence-electron chi connectivity index (χ4n) is 2.00. The van der Waals surface area contributed by atoms with Gasteiger partial charge < -0.3 is 14.8 Å². The maximum atomic E-state index is 13.6. The largest absolute Gasteiger partial charge is 0.444 e. The first-order chi connectivity index (χ1) is 10.7. The van der Waals surface area contributed by atoms with Crippen LogP contribution >= 0.6 is 22.6 Å². The Morgan fingerprint density at radius 2 is 2.22 bits per heavy atom. The number of carbonyl (C=O) groups excluding carboxylic acids is 2. The number of anilines is 1. The van der Waals surface area contributed by atoms with Crippen LogP contribution in [0.25, 0.3) is 0 Å². The van der Waals surface area contributed by atoms with Gasteiger partial charge in [-0.2, -0.15) is 0 Å². The minimum Gasteiger partial charge on any atom is -0.444 e. The van der Waals surface area contributed by atoms with Gasteiger partial charge in [-0.1, -0.05) is 0 Å². The number of benzene rings is 1. The molecule has 1 aliphatic rings. The Hall–Kier alpha value is -1.58. The van der Waals surface area contributed by atoms with Gasteiger partial charge in [-0.15, -0.1) is 0 Å². The number of rotatable bonds is 3. The first kappa shape index (κ1) is 17.8. The monoisotopic (exact) mass is 436 g/mol. The molecule has 0 radical (unpaired) electrons. The minimum atomic E-state index is -0.596. The predicted molar refractivity (Wildman–Crippen MR) is 91.0 cm³/mol. The first-order valence-corrected chi connectivity index (χ1v) is 8.13. The van der Waals surface area contributed by atoms with Crippen molar-refractivity contribution in [2.75, 3.05) is 18.0 Å². The van der Waals surface area contributed by atoms with E-state index in [1.807, 2.05) is 22.6 Å². The number of nitrogens with one attached hydrogen (secondary N) is 1. The lowest BCUT2D eigenvalue weighted by molar-refractivity contribution is 0.0496. The standard InChI is InChI=1S/C15H18FIN2O4/c1-15(2,3)23-13(20)18-7-10-8-19(14(21)22-10)9-4-5-12(17)11(16)6-9/h4-6,10H,7-8H2,1-3H3,(H,18,20)/t10-/m0/s1. The minimum absolute atomic E-state index is 0.129. The zero-order chi connectivity index (χ0) is 17.2. The van der Waals surface area contributed by atoms with Crippen LogP contribution in [0.5, 0.6) is 0 Å². The van der Waals surface area contributed by atoms with Crippen LogP contribution in [0.15, 0.2) is 18.2 Å². The van der Waals surface area contributed by atoms with E-state index in [2.05, 4.69) is 5.32 Å². The van der Waals surface area contributed by atoms with Crippen molar-refractivity contribution in [2.45, 2.75) is 32.5 Å². The number of ether oxygens (including phenoxy) is 2. The van der Waals surface area contributed by atoms with Gasteiger partial charge in [0.15, 0.2) is 0 Å². The smallest absolute Gasteiger partial charge is 0.414 e. The van der Waals surface area contributed by atoms with E-state index in [1.165, 1.54) is 11.0 Å². The molecule has 1 fully saturated rings. The van der Waals surface area contributed by atoms with E-state index in [-0.39, 0.29) is 13.1 Å². The van der Waals surface area contributed by atoms with Gasteiger partial charge in [0.25, 0.3) is 0 Å². The van der Waals surface area contributed by atoms with E-state index in [4.69, 9.17) is 9.47 Å². The van der Waals surface area contributed by atoms with Gasteiger partial charge in [-0.3, -0.25) is 4.90 Å². The van der Waals surface area contributed by atoms with E-state index in [1.54, 1.807) is 32.9 Å². The molecule has 0 unspecified atom stereocenters. The van der Waals surface area contributed by atoms with Crippen molar-refractivity contribution >= 4 is 40.5 Å². The maximum absolute atomic E-state index is 13.6. The van der Waals surface area contributed by atoms with Gasteiger partial charge in [0, 0.05) is 3.57 Å². The summed E-state index contributed by atoms with van der Waals surface area (Å²) < 4.78 is 24.4. The molecule has 126 valence electrons. The van der Waals surface area contributed by atoms with Crippen LogP contribution in [0.3, 0.4) is 0 Å². The van der Waals surface area contributed by atoms with Gasteiger partial charge in [-0.05, 0) is 61.6 Å². The second-order valence-corrected chi connectivity index (χ2v) is 7.26. The summed E-state index contributed by atoms with van der Waals surface area (Å²) in [7, 11) is 0. The van der Waals surface area contributed by atoms with E-state index in [9.17, 15) is 14.0 Å². The molecule has 1 aromatic carbocycles. The Balaban J connectivity index is 1.92. The van der Waals surface area contributed by atoms with Crippen molar-refractivity contribution in [1.29, 1.82) is 0 Å². The van der Waals surface area contributed by atoms with E-state index >= 15 is 0 Å². The Labute approximate surface area is 147 Å². The number of cyclic esters (lactones) is 1. The third-order valence-corrected chi connectivity index (χ3v) is 3.84. The molecule has 0 bridgehead atoms. The Morgan fingerprint density at radius 1 is 1.52 bits per heavy atom. The summed E-state index contributed by atoms with van der Waals surface area (Å²) in [5.41, 5.74) is -0.172. The highest BCUT2D eigenvalue weighted by atomic mass is 127. The van der Waals surface area contributed by atoms with Gasteiger partial charge in [0.1, 0.15) is 17.5 Å². The maximum Gasteiger partial charge on any atom is 0.414 e. The summed E-state index contributed by atoms with van der Waals surface area (Å²) in [6.45, 7) is 5.64. The van der Waals surface area contributed by atoms with Crippen molar-refractivity contribution < 1.29 is 23.5 Å². The lowest BCUT2D eigenvalue weighted by Gasteiger charge is -2.20. The van der Waals surface area contributed by atoms with Crippen LogP contribution in [0.1, 0.15) is 20.8 Å². The summed E-state index contributed by atoms with van der Waals surface area (Å²) in [4.78, 5) is 24.8. The lowest BCUT2D eigenvalue weighted by Crippen LogP contribution is -2.38. The molecule has 1 aromatic rings. The molecule has 1 saturated heterocycles. The Morgan fingerprint density at radius 3 is 2.83 bits per heavy atom. The molecule has 2 rings (SSSR count). The van der Waals surface area contributed by atoms with Crippen LogP contribution < -0.4 is 10.2 Å². The van der Waals surface area contributed by atoms with Crippen LogP contribution in [-0.4, -0.2) is 37.0 Å². The number of alkyl carbamates (subject to hydrolysis) is 1. The highest BCUT2D eigenvalue weighted by Crippen LogP contribution is 2.24. The van der Waals surface area contributed by atoms with Crippen molar-refractivity contribution in [3.05, 3.63) is 27.6 Å². The number of carbonyl (C=O) groups is 2. The van der Waals surface area contributed by atoms with Crippen LogP contribution in [0.2, 0.25) is 0 Å². The first-order valence-electron chi connectivity index (χ1n) is 7.06. The molecule has 23 heavy (non-hydrogen) atoms. The molecular formula is C15H18FIN2O4. The Bertz CT molecular complexity index is 618. The van der Waals surface area contributed by atoms with Crippen LogP contribution in [0, 0.1) is 9.39 Å². The number of halogens is 2. The summed E-state index contributed by atoms with van der Waals surface area (Å²) in [6.07, 6.45) is -1.66. The molecule has 1 atom stereocenters. The molecule has 0 spiro atoms. The second kappa shape index (κ2) is 6.90. The second-order valence-electron chi connectivity index (χ2n) is 6.10. The van der Waals surface area contributed by atoms with Crippen molar-refractivity contribution in [3.63, 3.8) is 0 Å². The molecule has 1 N–H and O–H groups in total. The van der Waals surface area contributed by atoms with E-state index in [0.717, 1.165) is 0 Å². The van der Waals surface area contributed by atoms with Crippen LogP contribution in [0.4, 0.5) is 19.7 Å². The Kier molecular flexibility index (Phi) is 5.33. The van der Waals surface area contributed by atoms with Gasteiger partial charge in [-0.25, -0.2) is 14.0 Å². The number of hydrogen-bond acceptors (Lipinski definition) is 4. The highest BCUT2D eigenvalue weighted by molar-refractivity contribution is 14.1. The lowest BCUT2D eigenvalue weighted by atomic mass is 10.2. The normalized spacial score (nSPS) is 17.9. The van der Waals surface area contributed by atoms with Crippen molar-refractivity contribution in [1.82, 2.24) is 5.32 Å². The van der Waals surface area contributed by atoms with Crippen molar-refractivity contribution in [3.8, 4) is 0 Å². The zero-order valence-corrected chi connectivity index (χ0v) is 15.2. The van der Waals surface area contributed by atoms with Gasteiger partial charge in [0.2, 0.25) is 0 Å². The SMILES string of the molecule is CC(C)(C)OC(=O)NC[C@H]1CN(c2ccc(I)c(F)c2)C(=O)O1. The molecule has 1 heterocycles. The topological polar surface area (TPSA) is 67.9 Å². The number of hydrogen-bond donors (Lipinski definition) is 1. The van der Waals surface area contributed by atoms with Crippen LogP contribution in [-0.2, 0) is 9.47 Å². The molecule has 0 aromatic heterocycles. The van der Waals surface area contributed by atoms with Gasteiger partial charge >= 0.3 is 12.2 Å². The van der Waals surface area contributed by atoms with E-state index in [0.29, 0.717) is 9.26 Å². The highest BCUT2D eigenvalue weighted by Gasteiger charge is 2.33. The molecule has 6 nitrogen and oxygen atoms in total. The summed E-state index contributed by atoms with van der Waals surface area (Å²) in [5.74, 6) is -0.397. The fourth-order valence-corrected chi connectivity index (χ4v) is 2.34. The third kappa shape index (κ3) is 4.95. The van der Waals surface area contributed by atoms with E-state index < -0.39 is 29.7 Å². The average Bonchev–Trinajstić information content (AvgIpc) is 2.79. The van der Waals surface area contributed by atoms with Gasteiger partial charge in [0.05, 0.1) is 18.8 Å². The average molecular weight is 436 g/mol. The third-order valence-electron chi connectivity index (χ3n) is 2.96. The number of amides is 2. The molecule has 0 aliphatic carbocycles. The predicted octanol–water partition coefficient (Wildman–Crippen LogP) is 3.28. The van der Waals surface area contributed by atoms with Crippen molar-refractivity contribution in [2.24, 2.45) is 0 Å². The fraction of sp³-hybridized carbons (Fsp3) is 0.467. The zero-order valence-electron chi connectivity index (χ0n) is 13.1. The molecule has 2 amide bonds. The molecule has 8 heteroatoms. The summed E-state index contributed by atoms with van der Waals surface area (Å²) in [6, 6.07) is 4.52.